The minimum absolute atomic E-state index is 0.268. The molecule has 0 unspecified atom stereocenters. The first kappa shape index (κ1) is 17.2. The molecule has 0 aliphatic heterocycles. The summed E-state index contributed by atoms with van der Waals surface area (Å²) >= 11 is 11.0. The molecule has 0 fully saturated rings. The Labute approximate surface area is 146 Å². The van der Waals surface area contributed by atoms with Gasteiger partial charge in [0.25, 0.3) is 0 Å². The Morgan fingerprint density at radius 1 is 1.13 bits per heavy atom. The second kappa shape index (κ2) is 7.90. The van der Waals surface area contributed by atoms with Gasteiger partial charge in [-0.15, -0.1) is 0 Å². The lowest BCUT2D eigenvalue weighted by Crippen LogP contribution is -2.33. The highest BCUT2D eigenvalue weighted by molar-refractivity contribution is 7.80. The minimum Gasteiger partial charge on any atom is -0.332 e. The molecule has 118 valence electrons. The Morgan fingerprint density at radius 3 is 2.52 bits per heavy atom. The molecular formula is C18H17ClN2OS. The number of hydrogen-bond acceptors (Lipinski definition) is 2. The van der Waals surface area contributed by atoms with Crippen LogP contribution in [0.15, 0.2) is 48.5 Å². The monoisotopic (exact) mass is 344 g/mol. The van der Waals surface area contributed by atoms with Gasteiger partial charge in [-0.2, -0.15) is 0 Å². The predicted octanol–water partition coefficient (Wildman–Crippen LogP) is 4.48. The van der Waals surface area contributed by atoms with Crippen LogP contribution in [-0.4, -0.2) is 11.0 Å². The highest BCUT2D eigenvalue weighted by Crippen LogP contribution is 2.16. The summed E-state index contributed by atoms with van der Waals surface area (Å²) in [6.07, 6.45) is 3.13. The van der Waals surface area contributed by atoms with Crippen molar-refractivity contribution in [2.75, 3.05) is 5.32 Å². The first-order valence-corrected chi connectivity index (χ1v) is 7.85. The maximum atomic E-state index is 11.9. The van der Waals surface area contributed by atoms with Gasteiger partial charge in [-0.3, -0.25) is 10.1 Å². The Hall–Kier alpha value is -2.17. The van der Waals surface area contributed by atoms with E-state index in [4.69, 9.17) is 23.8 Å². The maximum Gasteiger partial charge on any atom is 0.250 e. The van der Waals surface area contributed by atoms with Crippen molar-refractivity contribution in [3.8, 4) is 0 Å². The third-order valence-corrected chi connectivity index (χ3v) is 3.63. The van der Waals surface area contributed by atoms with Crippen LogP contribution in [0, 0.1) is 13.8 Å². The number of hydrogen-bond donors (Lipinski definition) is 2. The number of anilines is 1. The predicted molar refractivity (Wildman–Crippen MR) is 101 cm³/mol. The number of nitrogens with one attached hydrogen (secondary N) is 2. The summed E-state index contributed by atoms with van der Waals surface area (Å²) in [5.41, 5.74) is 3.95. The summed E-state index contributed by atoms with van der Waals surface area (Å²) in [6, 6.07) is 13.2. The van der Waals surface area contributed by atoms with Crippen LogP contribution in [0.25, 0.3) is 6.08 Å². The van der Waals surface area contributed by atoms with Crippen LogP contribution < -0.4 is 10.6 Å². The fraction of sp³-hybridized carbons (Fsp3) is 0.111. The molecule has 5 heteroatoms. The maximum absolute atomic E-state index is 11.9. The summed E-state index contributed by atoms with van der Waals surface area (Å²) in [6.45, 7) is 3.98. The zero-order valence-corrected chi connectivity index (χ0v) is 14.5. The van der Waals surface area contributed by atoms with Gasteiger partial charge in [-0.05, 0) is 67.0 Å². The molecule has 0 bridgehead atoms. The average molecular weight is 345 g/mol. The molecule has 2 N–H and O–H groups in total. The summed E-state index contributed by atoms with van der Waals surface area (Å²) in [7, 11) is 0. The average Bonchev–Trinajstić information content (AvgIpc) is 2.50. The third-order valence-electron chi connectivity index (χ3n) is 3.18. The van der Waals surface area contributed by atoms with E-state index in [0.717, 1.165) is 22.4 Å². The summed E-state index contributed by atoms with van der Waals surface area (Å²) in [5, 5.41) is 6.59. The van der Waals surface area contributed by atoms with Crippen molar-refractivity contribution >= 4 is 46.6 Å². The Kier molecular flexibility index (Phi) is 5.90. The van der Waals surface area contributed by atoms with Crippen molar-refractivity contribution in [1.29, 1.82) is 0 Å². The Bertz CT molecular complexity index is 754. The molecule has 2 aromatic rings. The molecule has 1 amide bonds. The van der Waals surface area contributed by atoms with E-state index in [1.165, 1.54) is 6.08 Å². The number of halogens is 1. The lowest BCUT2D eigenvalue weighted by Gasteiger charge is -2.11. The smallest absolute Gasteiger partial charge is 0.250 e. The Balaban J connectivity index is 1.93. The molecule has 2 rings (SSSR count). The van der Waals surface area contributed by atoms with E-state index in [0.29, 0.717) is 5.02 Å². The molecule has 0 aliphatic carbocycles. The number of thiocarbonyl (C=S) groups is 1. The van der Waals surface area contributed by atoms with Gasteiger partial charge in [-0.1, -0.05) is 35.9 Å². The van der Waals surface area contributed by atoms with E-state index in [9.17, 15) is 4.79 Å². The van der Waals surface area contributed by atoms with Gasteiger partial charge in [-0.25, -0.2) is 0 Å². The van der Waals surface area contributed by atoms with Crippen LogP contribution >= 0.6 is 23.8 Å². The quantitative estimate of drug-likeness (QED) is 0.637. The fourth-order valence-electron chi connectivity index (χ4n) is 1.92. The second-order valence-electron chi connectivity index (χ2n) is 5.15. The normalized spacial score (nSPS) is 10.6. The van der Waals surface area contributed by atoms with Crippen LogP contribution in [-0.2, 0) is 4.79 Å². The molecule has 0 aliphatic rings. The standard InChI is InChI=1S/C18H17ClN2OS/c1-12-3-4-13(2)16(11-12)20-18(23)21-17(22)10-7-14-5-8-15(19)9-6-14/h3-11H,1-2H3,(H2,20,21,22,23)/b10-7+. The zero-order valence-electron chi connectivity index (χ0n) is 12.9. The Morgan fingerprint density at radius 2 is 1.83 bits per heavy atom. The lowest BCUT2D eigenvalue weighted by molar-refractivity contribution is -0.115. The van der Waals surface area contributed by atoms with Crippen LogP contribution in [0.2, 0.25) is 5.02 Å². The first-order chi connectivity index (χ1) is 10.9. The van der Waals surface area contributed by atoms with E-state index in [1.807, 2.05) is 44.2 Å². The van der Waals surface area contributed by atoms with Gasteiger partial charge >= 0.3 is 0 Å². The van der Waals surface area contributed by atoms with E-state index in [-0.39, 0.29) is 11.0 Å². The molecule has 0 saturated carbocycles. The summed E-state index contributed by atoms with van der Waals surface area (Å²) in [4.78, 5) is 11.9. The van der Waals surface area contributed by atoms with E-state index >= 15 is 0 Å². The summed E-state index contributed by atoms with van der Waals surface area (Å²) < 4.78 is 0. The summed E-state index contributed by atoms with van der Waals surface area (Å²) in [5.74, 6) is -0.289. The molecule has 2 aromatic carbocycles. The highest BCUT2D eigenvalue weighted by Gasteiger charge is 2.04. The minimum atomic E-state index is -0.289. The van der Waals surface area contributed by atoms with Gasteiger partial charge in [0, 0.05) is 16.8 Å². The highest BCUT2D eigenvalue weighted by atomic mass is 35.5. The molecule has 0 heterocycles. The van der Waals surface area contributed by atoms with Crippen molar-refractivity contribution in [1.82, 2.24) is 5.32 Å². The number of rotatable bonds is 3. The molecular weight excluding hydrogens is 328 g/mol. The lowest BCUT2D eigenvalue weighted by atomic mass is 10.1. The number of benzene rings is 2. The molecule has 0 spiro atoms. The third kappa shape index (κ3) is 5.51. The van der Waals surface area contributed by atoms with Gasteiger partial charge in [0.15, 0.2) is 5.11 Å². The van der Waals surface area contributed by atoms with Crippen molar-refractivity contribution < 1.29 is 4.79 Å². The van der Waals surface area contributed by atoms with Gasteiger partial charge < -0.3 is 5.32 Å². The van der Waals surface area contributed by atoms with E-state index < -0.39 is 0 Å². The zero-order chi connectivity index (χ0) is 16.8. The molecule has 0 radical (unpaired) electrons. The molecule has 0 aromatic heterocycles. The number of aryl methyl sites for hydroxylation is 2. The fourth-order valence-corrected chi connectivity index (χ4v) is 2.26. The molecule has 23 heavy (non-hydrogen) atoms. The number of carbonyl (C=O) groups is 1. The van der Waals surface area contributed by atoms with Crippen LogP contribution in [0.4, 0.5) is 5.69 Å². The molecule has 3 nitrogen and oxygen atoms in total. The van der Waals surface area contributed by atoms with Crippen LogP contribution in [0.3, 0.4) is 0 Å². The van der Waals surface area contributed by atoms with Gasteiger partial charge in [0.1, 0.15) is 0 Å². The van der Waals surface area contributed by atoms with Crippen molar-refractivity contribution in [2.45, 2.75) is 13.8 Å². The second-order valence-corrected chi connectivity index (χ2v) is 5.99. The van der Waals surface area contributed by atoms with E-state index in [1.54, 1.807) is 18.2 Å². The van der Waals surface area contributed by atoms with Crippen LogP contribution in [0.5, 0.6) is 0 Å². The first-order valence-electron chi connectivity index (χ1n) is 7.07. The SMILES string of the molecule is Cc1ccc(C)c(NC(=S)NC(=O)/C=C/c2ccc(Cl)cc2)c1. The van der Waals surface area contributed by atoms with Crippen LogP contribution in [0.1, 0.15) is 16.7 Å². The largest absolute Gasteiger partial charge is 0.332 e. The number of amides is 1. The molecule has 0 atom stereocenters. The van der Waals surface area contributed by atoms with Gasteiger partial charge in [0.05, 0.1) is 0 Å². The van der Waals surface area contributed by atoms with Crippen molar-refractivity contribution in [3.63, 3.8) is 0 Å². The molecule has 0 saturated heterocycles. The number of carbonyl (C=O) groups excluding carboxylic acids is 1. The van der Waals surface area contributed by atoms with Crippen molar-refractivity contribution in [3.05, 3.63) is 70.3 Å². The van der Waals surface area contributed by atoms with E-state index in [2.05, 4.69) is 10.6 Å². The van der Waals surface area contributed by atoms with Crippen molar-refractivity contribution in [2.24, 2.45) is 0 Å². The van der Waals surface area contributed by atoms with Gasteiger partial charge in [0.2, 0.25) is 5.91 Å². The topological polar surface area (TPSA) is 41.1 Å².